The van der Waals surface area contributed by atoms with Crippen molar-refractivity contribution in [1.82, 2.24) is 0 Å². The van der Waals surface area contributed by atoms with Gasteiger partial charge in [-0.15, -0.1) is 0 Å². The van der Waals surface area contributed by atoms with Crippen molar-refractivity contribution < 1.29 is 9.13 Å². The van der Waals surface area contributed by atoms with E-state index in [1.807, 2.05) is 12.1 Å². The van der Waals surface area contributed by atoms with Crippen LogP contribution in [0.1, 0.15) is 5.56 Å². The van der Waals surface area contributed by atoms with Crippen molar-refractivity contribution in [3.63, 3.8) is 0 Å². The van der Waals surface area contributed by atoms with Crippen LogP contribution < -0.4 is 10.1 Å². The molecule has 0 bridgehead atoms. The molecule has 2 aromatic carbocycles. The third kappa shape index (κ3) is 3.54. The van der Waals surface area contributed by atoms with Crippen molar-refractivity contribution >= 4 is 53.5 Å². The molecule has 0 amide bonds. The third-order valence-electron chi connectivity index (χ3n) is 2.69. The second-order valence-electron chi connectivity index (χ2n) is 4.04. The molecule has 2 rings (SSSR count). The summed E-state index contributed by atoms with van der Waals surface area (Å²) in [5.41, 5.74) is 1.45. The Hall–Kier alpha value is -0.590. The summed E-state index contributed by atoms with van der Waals surface area (Å²) in [5, 5.41) is 3.09. The number of halogens is 4. The molecule has 0 spiro atoms. The topological polar surface area (TPSA) is 21.3 Å². The zero-order chi connectivity index (χ0) is 14.7. The first-order chi connectivity index (χ1) is 9.52. The van der Waals surface area contributed by atoms with E-state index in [-0.39, 0.29) is 5.82 Å². The smallest absolute Gasteiger partial charge is 0.147 e. The lowest BCUT2D eigenvalue weighted by Crippen LogP contribution is -2.03. The van der Waals surface area contributed by atoms with Gasteiger partial charge in [0.15, 0.2) is 0 Å². The minimum atomic E-state index is -0.286. The minimum absolute atomic E-state index is 0.286. The molecule has 0 aromatic heterocycles. The number of hydrogen-bond donors (Lipinski definition) is 1. The summed E-state index contributed by atoms with van der Waals surface area (Å²) >= 11 is 10.2. The van der Waals surface area contributed by atoms with Crippen molar-refractivity contribution in [2.75, 3.05) is 12.4 Å². The molecular weight excluding hydrogens is 457 g/mol. The molecule has 0 saturated carbocycles. The fourth-order valence-electron chi connectivity index (χ4n) is 1.77. The summed E-state index contributed by atoms with van der Waals surface area (Å²) in [5.74, 6) is 0.451. The number of ether oxygens (including phenoxy) is 1. The van der Waals surface area contributed by atoms with E-state index in [0.29, 0.717) is 16.7 Å². The van der Waals surface area contributed by atoms with Gasteiger partial charge in [-0.1, -0.05) is 6.07 Å². The van der Waals surface area contributed by atoms with Gasteiger partial charge in [0.25, 0.3) is 0 Å². The van der Waals surface area contributed by atoms with Crippen LogP contribution >= 0.6 is 47.8 Å². The van der Waals surface area contributed by atoms with Crippen LogP contribution in [-0.4, -0.2) is 7.11 Å². The first kappa shape index (κ1) is 15.8. The van der Waals surface area contributed by atoms with Gasteiger partial charge in [-0.2, -0.15) is 0 Å². The zero-order valence-electron chi connectivity index (χ0n) is 10.5. The standard InChI is InChI=1S/C14H11Br3FNO/c1-20-14-10(16)5-8(6-11(14)17)7-19-13-9(15)3-2-4-12(13)18/h2-6,19H,7H2,1H3. The van der Waals surface area contributed by atoms with Gasteiger partial charge < -0.3 is 10.1 Å². The summed E-state index contributed by atoms with van der Waals surface area (Å²) in [4.78, 5) is 0. The van der Waals surface area contributed by atoms with Gasteiger partial charge in [-0.3, -0.25) is 0 Å². The highest BCUT2D eigenvalue weighted by molar-refractivity contribution is 9.11. The first-order valence-electron chi connectivity index (χ1n) is 5.72. The average molecular weight is 468 g/mol. The molecule has 106 valence electrons. The van der Waals surface area contributed by atoms with Gasteiger partial charge >= 0.3 is 0 Å². The largest absolute Gasteiger partial charge is 0.494 e. The quantitative estimate of drug-likeness (QED) is 0.619. The summed E-state index contributed by atoms with van der Waals surface area (Å²) in [6.45, 7) is 0.501. The predicted molar refractivity (Wildman–Crippen MR) is 89.8 cm³/mol. The molecule has 0 atom stereocenters. The van der Waals surface area contributed by atoms with Crippen LogP contribution in [0.2, 0.25) is 0 Å². The summed E-state index contributed by atoms with van der Waals surface area (Å²) in [6, 6.07) is 8.75. The van der Waals surface area contributed by atoms with Crippen LogP contribution in [0, 0.1) is 5.82 Å². The Balaban J connectivity index is 2.20. The summed E-state index contributed by atoms with van der Waals surface area (Å²) < 4.78 is 21.3. The van der Waals surface area contributed by atoms with E-state index in [1.54, 1.807) is 19.2 Å². The Morgan fingerprint density at radius 2 is 1.75 bits per heavy atom. The number of hydrogen-bond acceptors (Lipinski definition) is 2. The molecule has 0 heterocycles. The third-order valence-corrected chi connectivity index (χ3v) is 4.53. The van der Waals surface area contributed by atoms with E-state index in [2.05, 4.69) is 53.1 Å². The molecular formula is C14H11Br3FNO. The number of benzene rings is 2. The molecule has 2 nitrogen and oxygen atoms in total. The Morgan fingerprint density at radius 1 is 1.10 bits per heavy atom. The van der Waals surface area contributed by atoms with Gasteiger partial charge in [0, 0.05) is 11.0 Å². The SMILES string of the molecule is COc1c(Br)cc(CNc2c(F)cccc2Br)cc1Br. The summed E-state index contributed by atoms with van der Waals surface area (Å²) in [6.07, 6.45) is 0. The number of para-hydroxylation sites is 1. The van der Waals surface area contributed by atoms with Crippen molar-refractivity contribution in [3.05, 3.63) is 55.1 Å². The lowest BCUT2D eigenvalue weighted by Gasteiger charge is -2.12. The maximum atomic E-state index is 13.7. The van der Waals surface area contributed by atoms with Crippen molar-refractivity contribution in [1.29, 1.82) is 0 Å². The molecule has 0 fully saturated rings. The highest BCUT2D eigenvalue weighted by Gasteiger charge is 2.09. The van der Waals surface area contributed by atoms with Crippen LogP contribution in [0.15, 0.2) is 43.7 Å². The predicted octanol–water partition coefficient (Wildman–Crippen LogP) is 5.73. The number of rotatable bonds is 4. The average Bonchev–Trinajstić information content (AvgIpc) is 2.38. The first-order valence-corrected chi connectivity index (χ1v) is 8.10. The van der Waals surface area contributed by atoms with E-state index in [4.69, 9.17) is 4.74 Å². The van der Waals surface area contributed by atoms with Crippen LogP contribution in [0.5, 0.6) is 5.75 Å². The fraction of sp³-hybridized carbons (Fsp3) is 0.143. The molecule has 0 saturated heterocycles. The lowest BCUT2D eigenvalue weighted by molar-refractivity contribution is 0.409. The molecule has 6 heteroatoms. The Labute approximate surface area is 142 Å². The van der Waals surface area contributed by atoms with Gasteiger partial charge in [0.2, 0.25) is 0 Å². The molecule has 20 heavy (non-hydrogen) atoms. The normalized spacial score (nSPS) is 10.4. The highest BCUT2D eigenvalue weighted by atomic mass is 79.9. The van der Waals surface area contributed by atoms with Crippen molar-refractivity contribution in [2.45, 2.75) is 6.54 Å². The molecule has 1 N–H and O–H groups in total. The van der Waals surface area contributed by atoms with Crippen LogP contribution in [0.4, 0.5) is 10.1 Å². The van der Waals surface area contributed by atoms with Crippen LogP contribution in [0.3, 0.4) is 0 Å². The van der Waals surface area contributed by atoms with Crippen molar-refractivity contribution in [3.8, 4) is 5.75 Å². The lowest BCUT2D eigenvalue weighted by atomic mass is 10.2. The van der Waals surface area contributed by atoms with Gasteiger partial charge in [0.05, 0.1) is 21.7 Å². The van der Waals surface area contributed by atoms with E-state index < -0.39 is 0 Å². The second-order valence-corrected chi connectivity index (χ2v) is 6.61. The van der Waals surface area contributed by atoms with E-state index in [1.165, 1.54) is 6.07 Å². The zero-order valence-corrected chi connectivity index (χ0v) is 15.3. The molecule has 0 radical (unpaired) electrons. The van der Waals surface area contributed by atoms with Crippen LogP contribution in [0.25, 0.3) is 0 Å². The molecule has 2 aromatic rings. The maximum Gasteiger partial charge on any atom is 0.147 e. The van der Waals surface area contributed by atoms with Crippen LogP contribution in [-0.2, 0) is 6.54 Å². The minimum Gasteiger partial charge on any atom is -0.494 e. The van der Waals surface area contributed by atoms with Gasteiger partial charge in [-0.05, 0) is 77.6 Å². The van der Waals surface area contributed by atoms with E-state index >= 15 is 0 Å². The number of anilines is 1. The van der Waals surface area contributed by atoms with E-state index in [0.717, 1.165) is 20.3 Å². The fourth-order valence-corrected chi connectivity index (χ4v) is 3.85. The monoisotopic (exact) mass is 465 g/mol. The Bertz CT molecular complexity index is 591. The van der Waals surface area contributed by atoms with E-state index in [9.17, 15) is 4.39 Å². The molecule has 0 aliphatic heterocycles. The summed E-state index contributed by atoms with van der Waals surface area (Å²) in [7, 11) is 1.61. The van der Waals surface area contributed by atoms with Gasteiger partial charge in [-0.25, -0.2) is 4.39 Å². The molecule has 0 aliphatic carbocycles. The van der Waals surface area contributed by atoms with Crippen molar-refractivity contribution in [2.24, 2.45) is 0 Å². The number of methoxy groups -OCH3 is 1. The Morgan fingerprint density at radius 3 is 2.30 bits per heavy atom. The second kappa shape index (κ2) is 6.91. The highest BCUT2D eigenvalue weighted by Crippen LogP contribution is 2.35. The molecule has 0 aliphatic rings. The molecule has 0 unspecified atom stereocenters. The number of nitrogens with one attached hydrogen (secondary N) is 1. The van der Waals surface area contributed by atoms with Gasteiger partial charge in [0.1, 0.15) is 11.6 Å². The Kier molecular flexibility index (Phi) is 5.46. The maximum absolute atomic E-state index is 13.7.